The Bertz CT molecular complexity index is 350. The Morgan fingerprint density at radius 2 is 2.19 bits per heavy atom. The van der Waals surface area contributed by atoms with Crippen molar-refractivity contribution in [3.8, 4) is 0 Å². The first-order valence-corrected chi connectivity index (χ1v) is 7.28. The Hall–Kier alpha value is -0.620. The van der Waals surface area contributed by atoms with Gasteiger partial charge in [0.1, 0.15) is 0 Å². The standard InChI is InChI=1S/C10H19NO4S/c1-8(12)3-4-10(13)11(2)9-5-6-16(14,15)7-9/h8-9,12H,3-7H2,1-2H3. The molecule has 1 fully saturated rings. The lowest BCUT2D eigenvalue weighted by atomic mass is 10.1. The van der Waals surface area contributed by atoms with Crippen LogP contribution >= 0.6 is 0 Å². The number of aliphatic hydroxyl groups is 1. The van der Waals surface area contributed by atoms with E-state index in [2.05, 4.69) is 0 Å². The van der Waals surface area contributed by atoms with Gasteiger partial charge in [-0.1, -0.05) is 0 Å². The Morgan fingerprint density at radius 3 is 2.62 bits per heavy atom. The van der Waals surface area contributed by atoms with Crippen LogP contribution < -0.4 is 0 Å². The van der Waals surface area contributed by atoms with E-state index in [1.54, 1.807) is 14.0 Å². The van der Waals surface area contributed by atoms with Gasteiger partial charge in [-0.2, -0.15) is 0 Å². The Balaban J connectivity index is 2.46. The summed E-state index contributed by atoms with van der Waals surface area (Å²) in [6.45, 7) is 1.63. The second-order valence-electron chi connectivity index (χ2n) is 4.45. The van der Waals surface area contributed by atoms with Gasteiger partial charge < -0.3 is 10.0 Å². The number of amides is 1. The molecule has 5 nitrogen and oxygen atoms in total. The molecule has 6 heteroatoms. The van der Waals surface area contributed by atoms with Gasteiger partial charge in [-0.25, -0.2) is 8.42 Å². The first-order chi connectivity index (χ1) is 7.32. The number of carbonyl (C=O) groups excluding carboxylic acids is 1. The number of carbonyl (C=O) groups is 1. The van der Waals surface area contributed by atoms with Gasteiger partial charge in [-0.3, -0.25) is 4.79 Å². The van der Waals surface area contributed by atoms with Crippen molar-refractivity contribution in [2.75, 3.05) is 18.6 Å². The molecule has 0 aromatic heterocycles. The first-order valence-electron chi connectivity index (χ1n) is 5.46. The largest absolute Gasteiger partial charge is 0.393 e. The maximum atomic E-state index is 11.7. The minimum Gasteiger partial charge on any atom is -0.393 e. The van der Waals surface area contributed by atoms with Crippen LogP contribution in [0.15, 0.2) is 0 Å². The monoisotopic (exact) mass is 249 g/mol. The third-order valence-electron chi connectivity index (χ3n) is 2.93. The molecule has 0 aromatic rings. The lowest BCUT2D eigenvalue weighted by Crippen LogP contribution is -2.38. The van der Waals surface area contributed by atoms with Crippen LogP contribution in [0.4, 0.5) is 0 Å². The van der Waals surface area contributed by atoms with Gasteiger partial charge in [-0.15, -0.1) is 0 Å². The van der Waals surface area contributed by atoms with E-state index in [1.807, 2.05) is 0 Å². The molecule has 1 heterocycles. The molecule has 1 saturated heterocycles. The molecule has 0 saturated carbocycles. The number of hydrogen-bond donors (Lipinski definition) is 1. The maximum Gasteiger partial charge on any atom is 0.222 e. The summed E-state index contributed by atoms with van der Waals surface area (Å²) >= 11 is 0. The highest BCUT2D eigenvalue weighted by Crippen LogP contribution is 2.17. The summed E-state index contributed by atoms with van der Waals surface area (Å²) in [6.07, 6.45) is 0.719. The second kappa shape index (κ2) is 5.14. The van der Waals surface area contributed by atoms with Crippen molar-refractivity contribution in [1.82, 2.24) is 4.90 Å². The number of rotatable bonds is 4. The number of hydrogen-bond acceptors (Lipinski definition) is 4. The highest BCUT2D eigenvalue weighted by atomic mass is 32.2. The number of sulfone groups is 1. The lowest BCUT2D eigenvalue weighted by molar-refractivity contribution is -0.132. The lowest BCUT2D eigenvalue weighted by Gasteiger charge is -2.23. The molecular weight excluding hydrogens is 230 g/mol. The molecule has 0 radical (unpaired) electrons. The number of aliphatic hydroxyl groups excluding tert-OH is 1. The molecule has 1 aliphatic rings. The van der Waals surface area contributed by atoms with Gasteiger partial charge in [0.05, 0.1) is 17.6 Å². The quantitative estimate of drug-likeness (QED) is 0.748. The molecule has 94 valence electrons. The van der Waals surface area contributed by atoms with Crippen molar-refractivity contribution >= 4 is 15.7 Å². The molecule has 2 atom stereocenters. The Kier molecular flexibility index (Phi) is 4.32. The summed E-state index contributed by atoms with van der Waals surface area (Å²) in [6, 6.07) is -0.188. The summed E-state index contributed by atoms with van der Waals surface area (Å²) in [5, 5.41) is 9.06. The van der Waals surface area contributed by atoms with Crippen molar-refractivity contribution in [2.45, 2.75) is 38.3 Å². The van der Waals surface area contributed by atoms with Gasteiger partial charge in [0.25, 0.3) is 0 Å². The highest BCUT2D eigenvalue weighted by molar-refractivity contribution is 7.91. The topological polar surface area (TPSA) is 74.7 Å². The van der Waals surface area contributed by atoms with E-state index in [0.717, 1.165) is 0 Å². The van der Waals surface area contributed by atoms with Gasteiger partial charge in [0.2, 0.25) is 5.91 Å². The molecule has 0 aromatic carbocycles. The summed E-state index contributed by atoms with van der Waals surface area (Å²) in [5.41, 5.74) is 0. The van der Waals surface area contributed by atoms with Crippen LogP contribution in [0.2, 0.25) is 0 Å². The highest BCUT2D eigenvalue weighted by Gasteiger charge is 2.32. The maximum absolute atomic E-state index is 11.7. The fraction of sp³-hybridized carbons (Fsp3) is 0.900. The third-order valence-corrected chi connectivity index (χ3v) is 4.68. The van der Waals surface area contributed by atoms with Crippen molar-refractivity contribution in [3.63, 3.8) is 0 Å². The second-order valence-corrected chi connectivity index (χ2v) is 6.68. The van der Waals surface area contributed by atoms with E-state index in [4.69, 9.17) is 5.11 Å². The molecule has 1 rings (SSSR count). The molecule has 16 heavy (non-hydrogen) atoms. The molecule has 1 N–H and O–H groups in total. The molecule has 2 unspecified atom stereocenters. The average molecular weight is 249 g/mol. The van der Waals surface area contributed by atoms with Crippen LogP contribution in [0.25, 0.3) is 0 Å². The minimum atomic E-state index is -2.95. The predicted octanol–water partition coefficient (Wildman–Crippen LogP) is -0.207. The van der Waals surface area contributed by atoms with Crippen LogP contribution in [-0.2, 0) is 14.6 Å². The Labute approximate surface area is 96.4 Å². The average Bonchev–Trinajstić information content (AvgIpc) is 2.54. The smallest absolute Gasteiger partial charge is 0.222 e. The van der Waals surface area contributed by atoms with E-state index < -0.39 is 15.9 Å². The van der Waals surface area contributed by atoms with Gasteiger partial charge in [0, 0.05) is 19.5 Å². The van der Waals surface area contributed by atoms with Crippen molar-refractivity contribution in [2.24, 2.45) is 0 Å². The van der Waals surface area contributed by atoms with Crippen LogP contribution in [0.1, 0.15) is 26.2 Å². The van der Waals surface area contributed by atoms with Crippen LogP contribution in [0, 0.1) is 0 Å². The van der Waals surface area contributed by atoms with Gasteiger partial charge in [0.15, 0.2) is 9.84 Å². The molecular formula is C10H19NO4S. The third kappa shape index (κ3) is 3.75. The fourth-order valence-electron chi connectivity index (χ4n) is 1.79. The summed E-state index contributed by atoms with van der Waals surface area (Å²) in [5.74, 6) is 0.151. The minimum absolute atomic E-state index is 0.0733. The van der Waals surface area contributed by atoms with Crippen LogP contribution in [0.3, 0.4) is 0 Å². The van der Waals surface area contributed by atoms with Crippen LogP contribution in [0.5, 0.6) is 0 Å². The zero-order valence-corrected chi connectivity index (χ0v) is 10.5. The van der Waals surface area contributed by atoms with E-state index in [-0.39, 0.29) is 29.9 Å². The fourth-order valence-corrected chi connectivity index (χ4v) is 3.57. The van der Waals surface area contributed by atoms with Gasteiger partial charge in [-0.05, 0) is 19.8 Å². The predicted molar refractivity (Wildman–Crippen MR) is 60.7 cm³/mol. The zero-order chi connectivity index (χ0) is 12.3. The van der Waals surface area contributed by atoms with E-state index >= 15 is 0 Å². The van der Waals surface area contributed by atoms with E-state index in [0.29, 0.717) is 12.8 Å². The molecule has 0 spiro atoms. The molecule has 0 aliphatic carbocycles. The van der Waals surface area contributed by atoms with Crippen molar-refractivity contribution < 1.29 is 18.3 Å². The van der Waals surface area contributed by atoms with E-state index in [1.165, 1.54) is 4.90 Å². The molecule has 1 aliphatic heterocycles. The van der Waals surface area contributed by atoms with E-state index in [9.17, 15) is 13.2 Å². The van der Waals surface area contributed by atoms with Crippen molar-refractivity contribution in [3.05, 3.63) is 0 Å². The molecule has 0 bridgehead atoms. The zero-order valence-electron chi connectivity index (χ0n) is 9.72. The summed E-state index contributed by atoms with van der Waals surface area (Å²) in [4.78, 5) is 13.2. The summed E-state index contributed by atoms with van der Waals surface area (Å²) in [7, 11) is -1.31. The first kappa shape index (κ1) is 13.4. The normalized spacial score (nSPS) is 25.3. The summed E-state index contributed by atoms with van der Waals surface area (Å²) < 4.78 is 22.5. The molecule has 1 amide bonds. The SMILES string of the molecule is CC(O)CCC(=O)N(C)C1CCS(=O)(=O)C1. The van der Waals surface area contributed by atoms with Crippen LogP contribution in [-0.4, -0.2) is 55.0 Å². The Morgan fingerprint density at radius 1 is 1.56 bits per heavy atom. The van der Waals surface area contributed by atoms with Gasteiger partial charge >= 0.3 is 0 Å². The number of nitrogens with zero attached hydrogens (tertiary/aromatic N) is 1. The van der Waals surface area contributed by atoms with Crippen molar-refractivity contribution in [1.29, 1.82) is 0 Å².